The zero-order chi connectivity index (χ0) is 20.1. The number of amides is 1. The van der Waals surface area contributed by atoms with E-state index in [1.807, 2.05) is 60.6 Å². The predicted octanol–water partition coefficient (Wildman–Crippen LogP) is 3.52. The zero-order valence-corrected chi connectivity index (χ0v) is 17.1. The summed E-state index contributed by atoms with van der Waals surface area (Å²) in [5.74, 6) is 1.52. The number of pyridine rings is 1. The van der Waals surface area contributed by atoms with Gasteiger partial charge in [-0.15, -0.1) is 0 Å². The molecule has 5 heteroatoms. The third-order valence-electron chi connectivity index (χ3n) is 5.92. The molecule has 2 aromatic rings. The van der Waals surface area contributed by atoms with E-state index in [1.54, 1.807) is 13.2 Å². The number of nitrogens with zero attached hydrogens (tertiary/aromatic N) is 2. The van der Waals surface area contributed by atoms with Gasteiger partial charge >= 0.3 is 0 Å². The van der Waals surface area contributed by atoms with E-state index in [0.29, 0.717) is 19.0 Å². The Morgan fingerprint density at radius 2 is 1.75 bits per heavy atom. The van der Waals surface area contributed by atoms with Crippen molar-refractivity contribution in [2.45, 2.75) is 39.7 Å². The smallest absolute Gasteiger partial charge is 0.250 e. The number of hydrogen-bond acceptors (Lipinski definition) is 3. The summed E-state index contributed by atoms with van der Waals surface area (Å²) in [5.41, 5.74) is 2.89. The second-order valence-electron chi connectivity index (χ2n) is 9.07. The zero-order valence-electron chi connectivity index (χ0n) is 17.1. The predicted molar refractivity (Wildman–Crippen MR) is 110 cm³/mol. The molecule has 1 aromatic carbocycles. The molecule has 0 saturated carbocycles. The number of carbonyl (C=O) groups excluding carboxylic acids is 1. The highest BCUT2D eigenvalue weighted by Gasteiger charge is 2.40. The molecule has 1 fully saturated rings. The average molecular weight is 380 g/mol. The second-order valence-corrected chi connectivity index (χ2v) is 9.07. The molecule has 2 atom stereocenters. The molecular formula is C23H28N2O3. The van der Waals surface area contributed by atoms with Crippen molar-refractivity contribution in [3.63, 3.8) is 0 Å². The van der Waals surface area contributed by atoms with Crippen LogP contribution in [0.2, 0.25) is 0 Å². The number of hydrogen-bond donors (Lipinski definition) is 0. The van der Waals surface area contributed by atoms with Crippen molar-refractivity contribution in [1.82, 2.24) is 9.47 Å². The molecule has 1 amide bonds. The molecule has 0 aliphatic carbocycles. The number of fused-ring (bicyclic) bond motifs is 4. The van der Waals surface area contributed by atoms with E-state index < -0.39 is 0 Å². The van der Waals surface area contributed by atoms with Gasteiger partial charge in [-0.1, -0.05) is 32.9 Å². The number of benzene rings is 1. The molecule has 0 radical (unpaired) electrons. The van der Waals surface area contributed by atoms with Crippen molar-refractivity contribution in [2.75, 3.05) is 20.2 Å². The molecule has 0 N–H and O–H groups in total. The molecular weight excluding hydrogens is 352 g/mol. The van der Waals surface area contributed by atoms with Crippen LogP contribution in [0.5, 0.6) is 5.75 Å². The molecule has 1 saturated heterocycles. The lowest BCUT2D eigenvalue weighted by atomic mass is 9.79. The molecule has 2 aliphatic rings. The lowest BCUT2D eigenvalue weighted by molar-refractivity contribution is -0.142. The molecule has 4 rings (SSSR count). The van der Waals surface area contributed by atoms with E-state index in [9.17, 15) is 9.59 Å². The van der Waals surface area contributed by atoms with E-state index in [0.717, 1.165) is 35.5 Å². The fourth-order valence-electron chi connectivity index (χ4n) is 4.67. The number of aromatic nitrogens is 1. The Hall–Kier alpha value is -2.56. The average Bonchev–Trinajstić information content (AvgIpc) is 2.67. The van der Waals surface area contributed by atoms with Gasteiger partial charge in [0.25, 0.3) is 5.56 Å². The van der Waals surface area contributed by atoms with Crippen LogP contribution in [0.4, 0.5) is 0 Å². The number of piperidine rings is 1. The molecule has 1 aromatic heterocycles. The van der Waals surface area contributed by atoms with E-state index in [1.165, 1.54) is 0 Å². The number of rotatable bonds is 2. The number of ether oxygens (including phenoxy) is 1. The molecule has 2 bridgehead atoms. The molecule has 2 aliphatic heterocycles. The Morgan fingerprint density at radius 3 is 2.39 bits per heavy atom. The van der Waals surface area contributed by atoms with Crippen molar-refractivity contribution >= 4 is 5.91 Å². The highest BCUT2D eigenvalue weighted by Crippen LogP contribution is 2.40. The summed E-state index contributed by atoms with van der Waals surface area (Å²) in [6.07, 6.45) is 1.03. The summed E-state index contributed by atoms with van der Waals surface area (Å²) >= 11 is 0. The topological polar surface area (TPSA) is 51.5 Å². The maximum atomic E-state index is 12.9. The first kappa shape index (κ1) is 18.8. The maximum absolute atomic E-state index is 12.9. The minimum atomic E-state index is -0.388. The van der Waals surface area contributed by atoms with Gasteiger partial charge in [0.15, 0.2) is 0 Å². The second kappa shape index (κ2) is 6.80. The van der Waals surface area contributed by atoms with Crippen molar-refractivity contribution in [3.05, 3.63) is 52.4 Å². The van der Waals surface area contributed by atoms with Gasteiger partial charge in [-0.3, -0.25) is 9.59 Å². The number of likely N-dealkylation sites (tertiary alicyclic amines) is 1. The van der Waals surface area contributed by atoms with Gasteiger partial charge in [0.2, 0.25) is 5.91 Å². The summed E-state index contributed by atoms with van der Waals surface area (Å²) in [6, 6.07) is 11.6. The van der Waals surface area contributed by atoms with E-state index in [4.69, 9.17) is 4.74 Å². The Labute approximate surface area is 165 Å². The molecule has 3 heterocycles. The lowest BCUT2D eigenvalue weighted by Crippen LogP contribution is -2.51. The molecule has 28 heavy (non-hydrogen) atoms. The fourth-order valence-corrected chi connectivity index (χ4v) is 4.67. The van der Waals surface area contributed by atoms with Crippen LogP contribution >= 0.6 is 0 Å². The normalized spacial score (nSPS) is 21.2. The third-order valence-corrected chi connectivity index (χ3v) is 5.92. The van der Waals surface area contributed by atoms with Crippen LogP contribution in [0, 0.1) is 11.3 Å². The summed E-state index contributed by atoms with van der Waals surface area (Å²) in [7, 11) is 1.65. The van der Waals surface area contributed by atoms with Gasteiger partial charge in [0, 0.05) is 48.3 Å². The summed E-state index contributed by atoms with van der Waals surface area (Å²) in [4.78, 5) is 27.5. The van der Waals surface area contributed by atoms with Gasteiger partial charge in [-0.25, -0.2) is 0 Å². The monoisotopic (exact) mass is 380 g/mol. The quantitative estimate of drug-likeness (QED) is 0.801. The highest BCUT2D eigenvalue weighted by molar-refractivity contribution is 5.82. The Morgan fingerprint density at radius 1 is 1.04 bits per heavy atom. The van der Waals surface area contributed by atoms with E-state index in [2.05, 4.69) is 0 Å². The van der Waals surface area contributed by atoms with Crippen LogP contribution in [0.3, 0.4) is 0 Å². The first-order chi connectivity index (χ1) is 13.3. The first-order valence-corrected chi connectivity index (χ1v) is 9.95. The molecule has 148 valence electrons. The minimum absolute atomic E-state index is 0.0533. The van der Waals surface area contributed by atoms with E-state index in [-0.39, 0.29) is 22.8 Å². The summed E-state index contributed by atoms with van der Waals surface area (Å²) in [6.45, 7) is 8.02. The minimum Gasteiger partial charge on any atom is -0.497 e. The number of carbonyl (C=O) groups is 1. The summed E-state index contributed by atoms with van der Waals surface area (Å²) in [5, 5.41) is 0. The van der Waals surface area contributed by atoms with Crippen LogP contribution in [-0.2, 0) is 11.3 Å². The molecule has 5 nitrogen and oxygen atoms in total. The number of methoxy groups -OCH3 is 1. The lowest BCUT2D eigenvalue weighted by Gasteiger charge is -2.45. The Balaban J connectivity index is 1.76. The first-order valence-electron chi connectivity index (χ1n) is 9.95. The Bertz CT molecular complexity index is 953. The van der Waals surface area contributed by atoms with Crippen molar-refractivity contribution in [1.29, 1.82) is 0 Å². The van der Waals surface area contributed by atoms with Gasteiger partial charge in [0.1, 0.15) is 5.75 Å². The van der Waals surface area contributed by atoms with Crippen LogP contribution in [0.1, 0.15) is 38.8 Å². The largest absolute Gasteiger partial charge is 0.497 e. The highest BCUT2D eigenvalue weighted by atomic mass is 16.5. The van der Waals surface area contributed by atoms with Gasteiger partial charge in [-0.2, -0.15) is 0 Å². The SMILES string of the molecule is COc1ccc(-c2ccc(=O)n3c2C2CC(CN(C(=O)C(C)(C)C)C2)C3)cc1. The van der Waals surface area contributed by atoms with Crippen molar-refractivity contribution in [2.24, 2.45) is 11.3 Å². The maximum Gasteiger partial charge on any atom is 0.250 e. The summed E-state index contributed by atoms with van der Waals surface area (Å²) < 4.78 is 7.22. The van der Waals surface area contributed by atoms with Crippen molar-refractivity contribution < 1.29 is 9.53 Å². The van der Waals surface area contributed by atoms with Crippen molar-refractivity contribution in [3.8, 4) is 16.9 Å². The van der Waals surface area contributed by atoms with Crippen LogP contribution < -0.4 is 10.3 Å². The fraction of sp³-hybridized carbons (Fsp3) is 0.478. The Kier molecular flexibility index (Phi) is 4.56. The van der Waals surface area contributed by atoms with Gasteiger partial charge in [-0.05, 0) is 36.1 Å². The third kappa shape index (κ3) is 3.23. The van der Waals surface area contributed by atoms with E-state index >= 15 is 0 Å². The van der Waals surface area contributed by atoms with Gasteiger partial charge < -0.3 is 14.2 Å². The van der Waals surface area contributed by atoms with Gasteiger partial charge in [0.05, 0.1) is 7.11 Å². The van der Waals surface area contributed by atoms with Crippen LogP contribution in [0.25, 0.3) is 11.1 Å². The molecule has 2 unspecified atom stereocenters. The standard InChI is InChI=1S/C23H28N2O3/c1-23(2,3)22(27)24-12-15-11-17(14-24)21-19(9-10-20(26)25(21)13-15)16-5-7-18(28-4)8-6-16/h5-10,15,17H,11-14H2,1-4H3. The molecule has 0 spiro atoms. The van der Waals surface area contributed by atoms with Crippen LogP contribution in [-0.4, -0.2) is 35.6 Å². The van der Waals surface area contributed by atoms with Crippen LogP contribution in [0.15, 0.2) is 41.2 Å².